The fourth-order valence-electron chi connectivity index (χ4n) is 7.21. The predicted octanol–water partition coefficient (Wildman–Crippen LogP) is 15.6. The minimum absolute atomic E-state index is 0.00212. The Hall–Kier alpha value is -1.21. The highest BCUT2D eigenvalue weighted by Gasteiger charge is 2.25. The molecule has 1 N–H and O–H groups in total. The molecule has 9 heteroatoms. The fourth-order valence-corrected chi connectivity index (χ4v) is 7.97. The first-order valence-electron chi connectivity index (χ1n) is 24.5. The first-order chi connectivity index (χ1) is 27.8. The van der Waals surface area contributed by atoms with Crippen LogP contribution in [0.5, 0.6) is 0 Å². The second-order valence-electron chi connectivity index (χ2n) is 16.5. The summed E-state index contributed by atoms with van der Waals surface area (Å²) < 4.78 is 32.7. The van der Waals surface area contributed by atoms with Crippen LogP contribution in [0.1, 0.15) is 258 Å². The molecule has 0 aliphatic heterocycles. The molecule has 0 saturated heterocycles. The van der Waals surface area contributed by atoms with Crippen molar-refractivity contribution in [2.45, 2.75) is 264 Å². The van der Waals surface area contributed by atoms with E-state index in [1.54, 1.807) is 6.92 Å². The molecule has 0 aromatic heterocycles. The lowest BCUT2D eigenvalue weighted by molar-refractivity contribution is -0.161. The van der Waals surface area contributed by atoms with Crippen molar-refractivity contribution >= 4 is 19.8 Å². The van der Waals surface area contributed by atoms with Gasteiger partial charge in [-0.1, -0.05) is 212 Å². The van der Waals surface area contributed by atoms with E-state index in [4.69, 9.17) is 18.5 Å². The van der Waals surface area contributed by atoms with E-state index in [1.165, 1.54) is 167 Å². The molecule has 0 heterocycles. The molecule has 0 aliphatic carbocycles. The number of carbonyl (C=O) groups is 2. The van der Waals surface area contributed by atoms with Crippen LogP contribution in [0.2, 0.25) is 0 Å². The highest BCUT2D eigenvalue weighted by atomic mass is 31.2. The second-order valence-corrected chi connectivity index (χ2v) is 17.9. The maximum atomic E-state index is 12.5. The van der Waals surface area contributed by atoms with Gasteiger partial charge in [0.1, 0.15) is 6.61 Å². The Morgan fingerprint density at radius 2 is 0.789 bits per heavy atom. The Kier molecular flexibility index (Phi) is 43.4. The van der Waals surface area contributed by atoms with Gasteiger partial charge in [-0.05, 0) is 45.4 Å². The van der Waals surface area contributed by atoms with Gasteiger partial charge in [0.15, 0.2) is 6.10 Å². The third-order valence-corrected chi connectivity index (χ3v) is 11.9. The van der Waals surface area contributed by atoms with Gasteiger partial charge >= 0.3 is 19.8 Å². The number of unbranched alkanes of at least 4 members (excludes halogenated alkanes) is 32. The summed E-state index contributed by atoms with van der Waals surface area (Å²) in [5.41, 5.74) is 0. The van der Waals surface area contributed by atoms with Crippen LogP contribution < -0.4 is 0 Å². The van der Waals surface area contributed by atoms with Crippen molar-refractivity contribution in [3.8, 4) is 0 Å². The molecule has 57 heavy (non-hydrogen) atoms. The molecule has 0 spiro atoms. The van der Waals surface area contributed by atoms with Crippen molar-refractivity contribution in [2.24, 2.45) is 0 Å². The van der Waals surface area contributed by atoms with E-state index in [0.717, 1.165) is 51.4 Å². The molecule has 0 aromatic rings. The Bertz CT molecular complexity index is 941. The van der Waals surface area contributed by atoms with Crippen molar-refractivity contribution in [1.82, 2.24) is 0 Å². The molecular formula is C48H93O8P. The standard InChI is InChI=1S/C48H93O8P/c1-4-7-9-11-13-15-17-19-20-21-22-23-24-25-26-27-28-29-31-32-34-36-38-40-42-47(49)53-44-46(45-55-57(51,52)54-6-3)56-48(50)43-41-39-37-35-33-30-18-16-14-12-10-8-5-2/h16,18,46H,4-15,17,19-45H2,1-3H3,(H,51,52)/b18-16-. The summed E-state index contributed by atoms with van der Waals surface area (Å²) >= 11 is 0. The summed E-state index contributed by atoms with van der Waals surface area (Å²) in [7, 11) is -4.28. The number of phosphoric acid groups is 1. The van der Waals surface area contributed by atoms with Gasteiger partial charge in [0.05, 0.1) is 13.2 Å². The molecule has 8 nitrogen and oxygen atoms in total. The van der Waals surface area contributed by atoms with Gasteiger partial charge in [0, 0.05) is 12.8 Å². The molecule has 2 atom stereocenters. The number of esters is 2. The molecule has 0 amide bonds. The second kappa shape index (κ2) is 44.3. The van der Waals surface area contributed by atoms with Gasteiger partial charge in [-0.3, -0.25) is 18.6 Å². The van der Waals surface area contributed by atoms with Gasteiger partial charge in [0.2, 0.25) is 0 Å². The van der Waals surface area contributed by atoms with Crippen molar-refractivity contribution in [3.63, 3.8) is 0 Å². The molecule has 0 rings (SSSR count). The number of hydrogen-bond donors (Lipinski definition) is 1. The summed E-state index contributed by atoms with van der Waals surface area (Å²) in [5, 5.41) is 0. The molecule has 0 aliphatic rings. The lowest BCUT2D eigenvalue weighted by Crippen LogP contribution is -2.29. The van der Waals surface area contributed by atoms with Crippen LogP contribution in [-0.4, -0.2) is 42.8 Å². The van der Waals surface area contributed by atoms with E-state index in [1.807, 2.05) is 0 Å². The highest BCUT2D eigenvalue weighted by molar-refractivity contribution is 7.47. The van der Waals surface area contributed by atoms with E-state index in [2.05, 4.69) is 26.0 Å². The molecule has 0 aromatic carbocycles. The maximum Gasteiger partial charge on any atom is 0.472 e. The minimum Gasteiger partial charge on any atom is -0.462 e. The highest BCUT2D eigenvalue weighted by Crippen LogP contribution is 2.43. The normalized spacial score (nSPS) is 13.3. The van der Waals surface area contributed by atoms with Gasteiger partial charge in [-0.25, -0.2) is 4.57 Å². The van der Waals surface area contributed by atoms with E-state index < -0.39 is 26.5 Å². The summed E-state index contributed by atoms with van der Waals surface area (Å²) in [5.74, 6) is -0.793. The van der Waals surface area contributed by atoms with Crippen LogP contribution in [0, 0.1) is 0 Å². The zero-order valence-corrected chi connectivity index (χ0v) is 38.7. The Morgan fingerprint density at radius 1 is 0.456 bits per heavy atom. The summed E-state index contributed by atoms with van der Waals surface area (Å²) in [6.07, 6.45) is 48.5. The van der Waals surface area contributed by atoms with Crippen molar-refractivity contribution < 1.29 is 37.6 Å². The Labute approximate surface area is 352 Å². The average Bonchev–Trinajstić information content (AvgIpc) is 3.19. The number of allylic oxidation sites excluding steroid dienone is 2. The largest absolute Gasteiger partial charge is 0.472 e. The molecule has 0 bridgehead atoms. The quantitative estimate of drug-likeness (QED) is 0.0280. The van der Waals surface area contributed by atoms with E-state index in [-0.39, 0.29) is 25.6 Å². The Morgan fingerprint density at radius 3 is 1.18 bits per heavy atom. The van der Waals surface area contributed by atoms with Crippen LogP contribution in [0.25, 0.3) is 0 Å². The number of carbonyl (C=O) groups excluding carboxylic acids is 2. The SMILES string of the molecule is CCCCCC/C=C\CCCCCCCC(=O)OC(COC(=O)CCCCCCCCCCCCCCCCCCCCCCCCCC)COP(=O)(O)OCC. The van der Waals surface area contributed by atoms with Crippen LogP contribution in [0.4, 0.5) is 0 Å². The van der Waals surface area contributed by atoms with Gasteiger partial charge in [-0.2, -0.15) is 0 Å². The predicted molar refractivity (Wildman–Crippen MR) is 240 cm³/mol. The van der Waals surface area contributed by atoms with Crippen molar-refractivity contribution in [3.05, 3.63) is 12.2 Å². The third kappa shape index (κ3) is 44.2. The topological polar surface area (TPSA) is 108 Å². The summed E-state index contributed by atoms with van der Waals surface area (Å²) in [6.45, 7) is 5.50. The van der Waals surface area contributed by atoms with Crippen LogP contribution >= 0.6 is 7.82 Å². The number of hydrogen-bond acceptors (Lipinski definition) is 7. The molecular weight excluding hydrogens is 735 g/mol. The number of ether oxygens (including phenoxy) is 2. The van der Waals surface area contributed by atoms with E-state index >= 15 is 0 Å². The lowest BCUT2D eigenvalue weighted by Gasteiger charge is -2.19. The summed E-state index contributed by atoms with van der Waals surface area (Å²) in [6, 6.07) is 0. The van der Waals surface area contributed by atoms with Crippen molar-refractivity contribution in [2.75, 3.05) is 19.8 Å². The van der Waals surface area contributed by atoms with E-state index in [9.17, 15) is 19.0 Å². The van der Waals surface area contributed by atoms with Crippen LogP contribution in [0.3, 0.4) is 0 Å². The zero-order valence-electron chi connectivity index (χ0n) is 37.8. The lowest BCUT2D eigenvalue weighted by atomic mass is 10.0. The van der Waals surface area contributed by atoms with Gasteiger partial charge in [0.25, 0.3) is 0 Å². The number of rotatable bonds is 46. The third-order valence-electron chi connectivity index (χ3n) is 10.8. The van der Waals surface area contributed by atoms with Crippen molar-refractivity contribution in [1.29, 1.82) is 0 Å². The fraction of sp³-hybridized carbons (Fsp3) is 0.917. The molecule has 0 fully saturated rings. The zero-order chi connectivity index (χ0) is 41.8. The van der Waals surface area contributed by atoms with Gasteiger partial charge < -0.3 is 14.4 Å². The monoisotopic (exact) mass is 829 g/mol. The van der Waals surface area contributed by atoms with E-state index in [0.29, 0.717) is 12.8 Å². The Balaban J connectivity index is 3.89. The van der Waals surface area contributed by atoms with Gasteiger partial charge in [-0.15, -0.1) is 0 Å². The van der Waals surface area contributed by atoms with Crippen LogP contribution in [-0.2, 0) is 32.7 Å². The molecule has 0 radical (unpaired) electrons. The summed E-state index contributed by atoms with van der Waals surface area (Å²) in [4.78, 5) is 34.8. The minimum atomic E-state index is -4.28. The first-order valence-corrected chi connectivity index (χ1v) is 26.0. The van der Waals surface area contributed by atoms with Crippen LogP contribution in [0.15, 0.2) is 12.2 Å². The maximum absolute atomic E-state index is 12.5. The molecule has 2 unspecified atom stereocenters. The first kappa shape index (κ1) is 55.8. The molecule has 338 valence electrons. The number of phosphoric ester groups is 1. The molecule has 0 saturated carbocycles. The smallest absolute Gasteiger partial charge is 0.462 e. The average molecular weight is 829 g/mol.